The molecule has 0 fully saturated rings. The summed E-state index contributed by atoms with van der Waals surface area (Å²) in [7, 11) is 1.71. The van der Waals surface area contributed by atoms with E-state index in [0.29, 0.717) is 5.92 Å². The summed E-state index contributed by atoms with van der Waals surface area (Å²) in [6.45, 7) is 5.54. The first kappa shape index (κ1) is 17.2. The van der Waals surface area contributed by atoms with Gasteiger partial charge in [0.2, 0.25) is 0 Å². The highest BCUT2D eigenvalue weighted by Crippen LogP contribution is 2.38. The third kappa shape index (κ3) is 2.81. The zero-order valence-electron chi connectivity index (χ0n) is 16.1. The number of aryl methyl sites for hydroxylation is 2. The van der Waals surface area contributed by atoms with Gasteiger partial charge in [-0.2, -0.15) is 0 Å². The molecule has 1 aromatic carbocycles. The number of aromatic nitrogens is 2. The van der Waals surface area contributed by atoms with Gasteiger partial charge in [-0.1, -0.05) is 13.8 Å². The molecule has 0 bridgehead atoms. The molecule has 0 saturated carbocycles. The molecule has 0 saturated heterocycles. The molecule has 0 radical (unpaired) electrons. The quantitative estimate of drug-likeness (QED) is 0.696. The van der Waals surface area contributed by atoms with Crippen LogP contribution in [0.25, 0.3) is 21.9 Å². The SMILES string of the molecule is COc1ccc2c(c1)c1c(N)c3c(nc1n2CCCC(C)C)CCCC3. The van der Waals surface area contributed by atoms with Crippen molar-refractivity contribution < 1.29 is 4.74 Å². The molecule has 0 spiro atoms. The average Bonchev–Trinajstić information content (AvgIpc) is 2.95. The smallest absolute Gasteiger partial charge is 0.143 e. The lowest BCUT2D eigenvalue weighted by Crippen LogP contribution is -2.10. The third-order valence-corrected chi connectivity index (χ3v) is 5.68. The van der Waals surface area contributed by atoms with Gasteiger partial charge in [0.05, 0.1) is 18.0 Å². The van der Waals surface area contributed by atoms with E-state index in [1.54, 1.807) is 7.11 Å². The van der Waals surface area contributed by atoms with Crippen molar-refractivity contribution >= 4 is 27.6 Å². The molecule has 0 unspecified atom stereocenters. The minimum Gasteiger partial charge on any atom is -0.497 e. The summed E-state index contributed by atoms with van der Waals surface area (Å²) >= 11 is 0. The van der Waals surface area contributed by atoms with Crippen molar-refractivity contribution in [3.63, 3.8) is 0 Å². The van der Waals surface area contributed by atoms with E-state index in [9.17, 15) is 0 Å². The van der Waals surface area contributed by atoms with Gasteiger partial charge in [-0.3, -0.25) is 0 Å². The number of methoxy groups -OCH3 is 1. The van der Waals surface area contributed by atoms with E-state index >= 15 is 0 Å². The van der Waals surface area contributed by atoms with E-state index in [4.69, 9.17) is 15.5 Å². The summed E-state index contributed by atoms with van der Waals surface area (Å²) in [6, 6.07) is 6.31. The summed E-state index contributed by atoms with van der Waals surface area (Å²) in [5, 5.41) is 2.28. The lowest BCUT2D eigenvalue weighted by atomic mass is 9.93. The number of nitrogens with two attached hydrogens (primary N) is 1. The Labute approximate surface area is 155 Å². The molecule has 2 N–H and O–H groups in total. The second kappa shape index (κ2) is 6.82. The van der Waals surface area contributed by atoms with E-state index in [2.05, 4.69) is 30.5 Å². The Morgan fingerprint density at radius 2 is 2.04 bits per heavy atom. The van der Waals surface area contributed by atoms with E-state index < -0.39 is 0 Å². The highest BCUT2D eigenvalue weighted by Gasteiger charge is 2.22. The maximum absolute atomic E-state index is 6.69. The fourth-order valence-corrected chi connectivity index (χ4v) is 4.29. The first-order chi connectivity index (χ1) is 12.6. The Bertz CT molecular complexity index is 955. The highest BCUT2D eigenvalue weighted by molar-refractivity contribution is 6.13. The normalized spacial score (nSPS) is 14.3. The Morgan fingerprint density at radius 3 is 2.81 bits per heavy atom. The number of hydrogen-bond acceptors (Lipinski definition) is 3. The van der Waals surface area contributed by atoms with Gasteiger partial charge in [0, 0.05) is 23.3 Å². The van der Waals surface area contributed by atoms with Crippen LogP contribution in [0.15, 0.2) is 18.2 Å². The predicted octanol–water partition coefficient (Wildman–Crippen LogP) is 5.10. The number of nitrogens with zero attached hydrogens (tertiary/aromatic N) is 2. The van der Waals surface area contributed by atoms with Gasteiger partial charge in [0.15, 0.2) is 0 Å². The predicted molar refractivity (Wildman–Crippen MR) is 109 cm³/mol. The second-order valence-electron chi connectivity index (χ2n) is 7.93. The minimum atomic E-state index is 0.717. The number of rotatable bonds is 5. The molecular weight excluding hydrogens is 322 g/mol. The molecule has 0 atom stereocenters. The first-order valence-electron chi connectivity index (χ1n) is 9.87. The molecule has 0 aliphatic heterocycles. The molecule has 26 heavy (non-hydrogen) atoms. The number of fused-ring (bicyclic) bond motifs is 4. The van der Waals surface area contributed by atoms with Gasteiger partial charge in [0.1, 0.15) is 11.4 Å². The van der Waals surface area contributed by atoms with Crippen LogP contribution in [0, 0.1) is 5.92 Å². The van der Waals surface area contributed by atoms with E-state index in [-0.39, 0.29) is 0 Å². The van der Waals surface area contributed by atoms with Crippen LogP contribution in [-0.4, -0.2) is 16.7 Å². The van der Waals surface area contributed by atoms with Crippen molar-refractivity contribution in [2.75, 3.05) is 12.8 Å². The highest BCUT2D eigenvalue weighted by atomic mass is 16.5. The number of hydrogen-bond donors (Lipinski definition) is 1. The zero-order chi connectivity index (χ0) is 18.3. The van der Waals surface area contributed by atoms with Crippen molar-refractivity contribution in [1.29, 1.82) is 0 Å². The molecule has 0 amide bonds. The molecule has 1 aliphatic rings. The van der Waals surface area contributed by atoms with Crippen molar-refractivity contribution in [2.45, 2.75) is 58.9 Å². The summed E-state index contributed by atoms with van der Waals surface area (Å²) < 4.78 is 7.85. The Balaban J connectivity index is 1.95. The standard InChI is InChI=1S/C22H29N3O/c1-14(2)7-6-12-25-19-11-10-15(26-3)13-17(19)20-21(23)16-8-4-5-9-18(16)24-22(20)25/h10-11,13-14H,4-9,12H2,1-3H3,(H2,23,24). The van der Waals surface area contributed by atoms with Crippen molar-refractivity contribution in [1.82, 2.24) is 9.55 Å². The van der Waals surface area contributed by atoms with E-state index in [1.165, 1.54) is 41.4 Å². The molecule has 1 aliphatic carbocycles. The summed E-state index contributed by atoms with van der Waals surface area (Å²) in [5.41, 5.74) is 12.4. The minimum absolute atomic E-state index is 0.717. The van der Waals surface area contributed by atoms with Gasteiger partial charge in [-0.25, -0.2) is 4.98 Å². The average molecular weight is 351 g/mol. The molecule has 4 nitrogen and oxygen atoms in total. The van der Waals surface area contributed by atoms with Crippen LogP contribution in [0.5, 0.6) is 5.75 Å². The van der Waals surface area contributed by atoms with Crippen molar-refractivity contribution in [3.8, 4) is 5.75 Å². The van der Waals surface area contributed by atoms with E-state index in [0.717, 1.165) is 48.3 Å². The molecule has 3 aromatic rings. The fraction of sp³-hybridized carbons (Fsp3) is 0.500. The Morgan fingerprint density at radius 1 is 1.23 bits per heavy atom. The van der Waals surface area contributed by atoms with Crippen LogP contribution in [0.4, 0.5) is 5.69 Å². The monoisotopic (exact) mass is 351 g/mol. The number of nitrogen functional groups attached to an aromatic ring is 1. The number of benzene rings is 1. The van der Waals surface area contributed by atoms with Crippen LogP contribution >= 0.6 is 0 Å². The maximum Gasteiger partial charge on any atom is 0.143 e. The summed E-state index contributed by atoms with van der Waals surface area (Å²) in [6.07, 6.45) is 6.90. The van der Waals surface area contributed by atoms with Gasteiger partial charge >= 0.3 is 0 Å². The lowest BCUT2D eigenvalue weighted by molar-refractivity contribution is 0.415. The molecule has 2 aromatic heterocycles. The molecule has 2 heterocycles. The fourth-order valence-electron chi connectivity index (χ4n) is 4.29. The van der Waals surface area contributed by atoms with E-state index in [1.807, 2.05) is 6.07 Å². The Hall–Kier alpha value is -2.23. The van der Waals surface area contributed by atoms with Crippen LogP contribution in [0.3, 0.4) is 0 Å². The van der Waals surface area contributed by atoms with Gasteiger partial charge in [0.25, 0.3) is 0 Å². The van der Waals surface area contributed by atoms with Crippen LogP contribution in [0.2, 0.25) is 0 Å². The topological polar surface area (TPSA) is 53.1 Å². The van der Waals surface area contributed by atoms with Gasteiger partial charge in [-0.05, 0) is 68.2 Å². The molecular formula is C22H29N3O. The first-order valence-corrected chi connectivity index (χ1v) is 9.87. The van der Waals surface area contributed by atoms with Crippen LogP contribution in [-0.2, 0) is 19.4 Å². The van der Waals surface area contributed by atoms with Gasteiger partial charge in [-0.15, -0.1) is 0 Å². The Kier molecular flexibility index (Phi) is 4.51. The number of pyridine rings is 1. The van der Waals surface area contributed by atoms with Gasteiger partial charge < -0.3 is 15.0 Å². The largest absolute Gasteiger partial charge is 0.497 e. The van der Waals surface area contributed by atoms with Crippen LogP contribution < -0.4 is 10.5 Å². The molecule has 138 valence electrons. The van der Waals surface area contributed by atoms with Crippen LogP contribution in [0.1, 0.15) is 50.8 Å². The van der Waals surface area contributed by atoms with Crippen molar-refractivity contribution in [3.05, 3.63) is 29.5 Å². The number of anilines is 1. The third-order valence-electron chi connectivity index (χ3n) is 5.68. The molecule has 4 rings (SSSR count). The maximum atomic E-state index is 6.69. The lowest BCUT2D eigenvalue weighted by Gasteiger charge is -2.18. The summed E-state index contributed by atoms with van der Waals surface area (Å²) in [4.78, 5) is 5.11. The molecule has 4 heteroatoms. The van der Waals surface area contributed by atoms with Crippen molar-refractivity contribution in [2.24, 2.45) is 5.92 Å². The number of ether oxygens (including phenoxy) is 1. The second-order valence-corrected chi connectivity index (χ2v) is 7.93. The zero-order valence-corrected chi connectivity index (χ0v) is 16.1. The summed E-state index contributed by atoms with van der Waals surface area (Å²) in [5.74, 6) is 1.59.